The molecule has 25 heavy (non-hydrogen) atoms. The van der Waals surface area contributed by atoms with Crippen LogP contribution in [0.15, 0.2) is 30.5 Å². The van der Waals surface area contributed by atoms with Gasteiger partial charge in [0.15, 0.2) is 0 Å². The lowest BCUT2D eigenvalue weighted by atomic mass is 10.1. The summed E-state index contributed by atoms with van der Waals surface area (Å²) in [6.45, 7) is 4.06. The van der Waals surface area contributed by atoms with E-state index in [0.717, 1.165) is 16.5 Å². The van der Waals surface area contributed by atoms with Crippen molar-refractivity contribution in [1.82, 2.24) is 19.7 Å². The van der Waals surface area contributed by atoms with Crippen LogP contribution < -0.4 is 5.32 Å². The fraction of sp³-hybridized carbons (Fsp3) is 0.312. The molecule has 1 aromatic carbocycles. The van der Waals surface area contributed by atoms with E-state index in [0.29, 0.717) is 0 Å². The summed E-state index contributed by atoms with van der Waals surface area (Å²) in [6, 6.07) is 7.87. The van der Waals surface area contributed by atoms with Gasteiger partial charge in [0.25, 0.3) is 0 Å². The molecule has 3 aromatic rings. The maximum atomic E-state index is 12.5. The molecule has 132 valence electrons. The first-order chi connectivity index (χ1) is 11.8. The summed E-state index contributed by atoms with van der Waals surface area (Å²) in [4.78, 5) is 15.4. The predicted molar refractivity (Wildman–Crippen MR) is 86.0 cm³/mol. The molecule has 3 rings (SSSR count). The van der Waals surface area contributed by atoms with Crippen molar-refractivity contribution in [3.8, 4) is 0 Å². The molecule has 2 N–H and O–H groups in total. The summed E-state index contributed by atoms with van der Waals surface area (Å²) < 4.78 is 39.5. The Kier molecular flexibility index (Phi) is 4.23. The number of fused-ring (bicyclic) bond motifs is 1. The van der Waals surface area contributed by atoms with E-state index >= 15 is 0 Å². The Morgan fingerprint density at radius 2 is 2.04 bits per heavy atom. The van der Waals surface area contributed by atoms with Crippen LogP contribution in [0.2, 0.25) is 0 Å². The van der Waals surface area contributed by atoms with Crippen LogP contribution in [0.3, 0.4) is 0 Å². The zero-order chi connectivity index (χ0) is 18.2. The lowest BCUT2D eigenvalue weighted by Gasteiger charge is -2.08. The summed E-state index contributed by atoms with van der Waals surface area (Å²) in [5.74, 6) is -2.14. The van der Waals surface area contributed by atoms with Crippen LogP contribution in [0.5, 0.6) is 0 Å². The third-order valence-corrected chi connectivity index (χ3v) is 3.74. The van der Waals surface area contributed by atoms with Gasteiger partial charge in [0, 0.05) is 23.1 Å². The topological polar surface area (TPSA) is 75.6 Å². The number of halogens is 3. The largest absolute Gasteiger partial charge is 0.451 e. The summed E-state index contributed by atoms with van der Waals surface area (Å²) in [5, 5.41) is 8.34. The second-order valence-electron chi connectivity index (χ2n) is 5.90. The molecule has 0 aliphatic rings. The molecule has 2 aromatic heterocycles. The first-order valence-electron chi connectivity index (χ1n) is 7.63. The number of nitrogens with zero attached hydrogens (tertiary/aromatic N) is 3. The van der Waals surface area contributed by atoms with E-state index in [4.69, 9.17) is 0 Å². The highest BCUT2D eigenvalue weighted by Gasteiger charge is 2.35. The van der Waals surface area contributed by atoms with Crippen molar-refractivity contribution < 1.29 is 18.0 Å². The van der Waals surface area contributed by atoms with Gasteiger partial charge in [-0.15, -0.1) is 5.10 Å². The second-order valence-corrected chi connectivity index (χ2v) is 5.90. The number of benzene rings is 1. The van der Waals surface area contributed by atoms with Gasteiger partial charge >= 0.3 is 6.18 Å². The number of carbonyl (C=O) groups excluding carboxylic acids is 1. The molecule has 0 aliphatic carbocycles. The number of nitrogens with one attached hydrogen (secondary N) is 2. The smallest absolute Gasteiger partial charge is 0.345 e. The Morgan fingerprint density at radius 1 is 1.32 bits per heavy atom. The van der Waals surface area contributed by atoms with Crippen LogP contribution in [0, 0.1) is 0 Å². The highest BCUT2D eigenvalue weighted by Crippen LogP contribution is 2.27. The fourth-order valence-electron chi connectivity index (χ4n) is 2.63. The monoisotopic (exact) mass is 351 g/mol. The van der Waals surface area contributed by atoms with Crippen LogP contribution in [-0.2, 0) is 17.4 Å². The van der Waals surface area contributed by atoms with Crippen molar-refractivity contribution in [1.29, 1.82) is 0 Å². The molecule has 1 amide bonds. The minimum atomic E-state index is -4.64. The zero-order valence-corrected chi connectivity index (χ0v) is 13.6. The second kappa shape index (κ2) is 6.23. The van der Waals surface area contributed by atoms with Crippen molar-refractivity contribution in [2.45, 2.75) is 32.5 Å². The number of anilines is 1. The zero-order valence-electron chi connectivity index (χ0n) is 13.6. The molecule has 0 radical (unpaired) electrons. The molecule has 0 fully saturated rings. The summed E-state index contributed by atoms with van der Waals surface area (Å²) >= 11 is 0. The lowest BCUT2D eigenvalue weighted by molar-refractivity contribution is -0.144. The number of hydrogen-bond acceptors (Lipinski definition) is 3. The Morgan fingerprint density at radius 3 is 2.68 bits per heavy atom. The van der Waals surface area contributed by atoms with E-state index in [1.54, 1.807) is 5.10 Å². The maximum Gasteiger partial charge on any atom is 0.451 e. The maximum absolute atomic E-state index is 12.5. The van der Waals surface area contributed by atoms with Gasteiger partial charge in [-0.2, -0.15) is 18.2 Å². The molecular weight excluding hydrogens is 335 g/mol. The number of aromatic amines is 1. The molecule has 0 aliphatic heterocycles. The quantitative estimate of drug-likeness (QED) is 0.755. The molecule has 0 bridgehead atoms. The fourth-order valence-corrected chi connectivity index (χ4v) is 2.63. The normalized spacial score (nSPS) is 12.1. The van der Waals surface area contributed by atoms with Gasteiger partial charge in [-0.1, -0.05) is 18.2 Å². The highest BCUT2D eigenvalue weighted by molar-refractivity contribution is 5.95. The Bertz CT molecular complexity index is 910. The standard InChI is InChI=1S/C16H16F3N5O/c1-9(2)24-8-10(11-5-3-4-6-12(11)24)7-13(25)20-15-21-14(22-23-15)16(17,18)19/h3-6,8-9H,7H2,1-2H3,(H2,20,21,22,23,25). The minimum absolute atomic E-state index is 0.0100. The van der Waals surface area contributed by atoms with Gasteiger partial charge in [-0.3, -0.25) is 15.2 Å². The van der Waals surface area contributed by atoms with Crippen molar-refractivity contribution in [2.24, 2.45) is 0 Å². The van der Waals surface area contributed by atoms with E-state index in [1.165, 1.54) is 0 Å². The lowest BCUT2D eigenvalue weighted by Crippen LogP contribution is -2.15. The van der Waals surface area contributed by atoms with Gasteiger partial charge in [0.2, 0.25) is 17.7 Å². The van der Waals surface area contributed by atoms with Crippen LogP contribution in [0.4, 0.5) is 19.1 Å². The Hall–Kier alpha value is -2.84. The molecule has 0 unspecified atom stereocenters. The van der Waals surface area contributed by atoms with Crippen LogP contribution in [-0.4, -0.2) is 25.7 Å². The third kappa shape index (κ3) is 3.49. The number of carbonyl (C=O) groups is 1. The van der Waals surface area contributed by atoms with Gasteiger partial charge in [-0.05, 0) is 25.5 Å². The first kappa shape index (κ1) is 17.0. The van der Waals surface area contributed by atoms with Crippen molar-refractivity contribution in [2.75, 3.05) is 5.32 Å². The van der Waals surface area contributed by atoms with E-state index in [9.17, 15) is 18.0 Å². The average Bonchev–Trinajstić information content (AvgIpc) is 3.12. The molecule has 2 heterocycles. The molecule has 0 spiro atoms. The number of aromatic nitrogens is 4. The molecular formula is C16H16F3N5O. The summed E-state index contributed by atoms with van der Waals surface area (Å²) in [7, 11) is 0. The molecule has 0 atom stereocenters. The third-order valence-electron chi connectivity index (χ3n) is 3.74. The van der Waals surface area contributed by atoms with Crippen LogP contribution >= 0.6 is 0 Å². The SMILES string of the molecule is CC(C)n1cc(CC(=O)Nc2n[nH]c(C(F)(F)F)n2)c2ccccc21. The summed E-state index contributed by atoms with van der Waals surface area (Å²) in [6.07, 6.45) is -2.75. The summed E-state index contributed by atoms with van der Waals surface area (Å²) in [5.41, 5.74) is 1.78. The van der Waals surface area contributed by atoms with E-state index < -0.39 is 23.9 Å². The van der Waals surface area contributed by atoms with Crippen molar-refractivity contribution in [3.05, 3.63) is 41.9 Å². The van der Waals surface area contributed by atoms with Crippen LogP contribution in [0.25, 0.3) is 10.9 Å². The average molecular weight is 351 g/mol. The number of amides is 1. The Labute approximate surface area is 141 Å². The number of para-hydroxylation sites is 1. The predicted octanol–water partition coefficient (Wildman–Crippen LogP) is 3.54. The van der Waals surface area contributed by atoms with E-state index in [-0.39, 0.29) is 12.5 Å². The first-order valence-corrected chi connectivity index (χ1v) is 7.63. The molecule has 0 saturated heterocycles. The van der Waals surface area contributed by atoms with E-state index in [2.05, 4.69) is 15.4 Å². The van der Waals surface area contributed by atoms with Gasteiger partial charge < -0.3 is 4.57 Å². The van der Waals surface area contributed by atoms with Crippen molar-refractivity contribution >= 4 is 22.8 Å². The van der Waals surface area contributed by atoms with Crippen LogP contribution in [0.1, 0.15) is 31.3 Å². The van der Waals surface area contributed by atoms with Gasteiger partial charge in [0.1, 0.15) is 0 Å². The Balaban J connectivity index is 1.80. The molecule has 6 nitrogen and oxygen atoms in total. The molecule has 9 heteroatoms. The number of hydrogen-bond donors (Lipinski definition) is 2. The van der Waals surface area contributed by atoms with Gasteiger partial charge in [0.05, 0.1) is 6.42 Å². The number of H-pyrrole nitrogens is 1. The number of alkyl halides is 3. The highest BCUT2D eigenvalue weighted by atomic mass is 19.4. The molecule has 0 saturated carbocycles. The minimum Gasteiger partial charge on any atom is -0.345 e. The van der Waals surface area contributed by atoms with Crippen molar-refractivity contribution in [3.63, 3.8) is 0 Å². The van der Waals surface area contributed by atoms with Gasteiger partial charge in [-0.25, -0.2) is 0 Å². The number of rotatable bonds is 4. The van der Waals surface area contributed by atoms with E-state index in [1.807, 2.05) is 48.9 Å².